The standard InChI is InChI=1S/C11H12N4O2/c1-2-17-11-5-9(3-4-10(11)16)6-14-15-7-12-13-8-15/h3-8,16H,2H2,1H3/b14-6+. The Kier molecular flexibility index (Phi) is 3.34. The second-order valence-electron chi connectivity index (χ2n) is 3.25. The van der Waals surface area contributed by atoms with E-state index in [2.05, 4.69) is 15.3 Å². The van der Waals surface area contributed by atoms with Gasteiger partial charge in [0.25, 0.3) is 0 Å². The third-order valence-corrected chi connectivity index (χ3v) is 2.03. The van der Waals surface area contributed by atoms with E-state index in [4.69, 9.17) is 4.74 Å². The highest BCUT2D eigenvalue weighted by Gasteiger charge is 2.01. The third-order valence-electron chi connectivity index (χ3n) is 2.03. The predicted octanol–water partition coefficient (Wildman–Crippen LogP) is 1.26. The number of aromatic hydroxyl groups is 1. The van der Waals surface area contributed by atoms with Crippen LogP contribution in [0.4, 0.5) is 0 Å². The van der Waals surface area contributed by atoms with E-state index in [1.807, 2.05) is 6.92 Å². The molecule has 1 aromatic carbocycles. The molecule has 0 amide bonds. The number of rotatable bonds is 4. The maximum Gasteiger partial charge on any atom is 0.161 e. The summed E-state index contributed by atoms with van der Waals surface area (Å²) in [6, 6.07) is 5.02. The first-order valence-electron chi connectivity index (χ1n) is 5.14. The van der Waals surface area contributed by atoms with Crippen LogP contribution in [0.15, 0.2) is 36.0 Å². The van der Waals surface area contributed by atoms with E-state index in [9.17, 15) is 5.11 Å². The normalized spacial score (nSPS) is 10.9. The van der Waals surface area contributed by atoms with Crippen molar-refractivity contribution in [3.05, 3.63) is 36.4 Å². The molecule has 2 rings (SSSR count). The molecule has 0 radical (unpaired) electrons. The monoisotopic (exact) mass is 232 g/mol. The lowest BCUT2D eigenvalue weighted by atomic mass is 10.2. The molecule has 6 heteroatoms. The van der Waals surface area contributed by atoms with Crippen LogP contribution < -0.4 is 4.74 Å². The number of hydrogen-bond acceptors (Lipinski definition) is 5. The molecule has 0 unspecified atom stereocenters. The molecular weight excluding hydrogens is 220 g/mol. The van der Waals surface area contributed by atoms with Gasteiger partial charge < -0.3 is 9.84 Å². The van der Waals surface area contributed by atoms with E-state index < -0.39 is 0 Å². The summed E-state index contributed by atoms with van der Waals surface area (Å²) in [5.74, 6) is 0.563. The maximum atomic E-state index is 9.52. The largest absolute Gasteiger partial charge is 0.504 e. The van der Waals surface area contributed by atoms with Crippen molar-refractivity contribution in [2.75, 3.05) is 6.61 Å². The highest BCUT2D eigenvalue weighted by molar-refractivity contribution is 5.80. The smallest absolute Gasteiger partial charge is 0.161 e. The van der Waals surface area contributed by atoms with Gasteiger partial charge in [0.15, 0.2) is 11.5 Å². The minimum absolute atomic E-state index is 0.119. The van der Waals surface area contributed by atoms with E-state index in [0.29, 0.717) is 12.4 Å². The van der Waals surface area contributed by atoms with Crippen LogP contribution in [0.3, 0.4) is 0 Å². The van der Waals surface area contributed by atoms with Gasteiger partial charge in [-0.2, -0.15) is 5.10 Å². The summed E-state index contributed by atoms with van der Waals surface area (Å²) in [4.78, 5) is 0. The molecule has 0 atom stereocenters. The molecule has 0 bridgehead atoms. The molecule has 0 aliphatic carbocycles. The zero-order chi connectivity index (χ0) is 12.1. The van der Waals surface area contributed by atoms with E-state index in [1.54, 1.807) is 24.4 Å². The fourth-order valence-corrected chi connectivity index (χ4v) is 1.27. The molecule has 1 aromatic heterocycles. The van der Waals surface area contributed by atoms with Crippen molar-refractivity contribution in [1.82, 2.24) is 14.9 Å². The van der Waals surface area contributed by atoms with Crippen molar-refractivity contribution in [2.24, 2.45) is 5.10 Å². The maximum absolute atomic E-state index is 9.52. The first-order chi connectivity index (χ1) is 8.29. The zero-order valence-electron chi connectivity index (χ0n) is 9.32. The van der Waals surface area contributed by atoms with Gasteiger partial charge in [-0.3, -0.25) is 0 Å². The molecule has 0 saturated carbocycles. The Morgan fingerprint density at radius 3 is 2.88 bits per heavy atom. The third kappa shape index (κ3) is 2.81. The Morgan fingerprint density at radius 1 is 1.41 bits per heavy atom. The number of ether oxygens (including phenoxy) is 1. The molecule has 0 saturated heterocycles. The summed E-state index contributed by atoms with van der Waals surface area (Å²) in [7, 11) is 0. The molecular formula is C11H12N4O2. The second kappa shape index (κ2) is 5.11. The highest BCUT2D eigenvalue weighted by Crippen LogP contribution is 2.26. The summed E-state index contributed by atoms with van der Waals surface area (Å²) in [6.07, 6.45) is 4.60. The van der Waals surface area contributed by atoms with Gasteiger partial charge in [-0.05, 0) is 30.7 Å². The Morgan fingerprint density at radius 2 is 2.18 bits per heavy atom. The van der Waals surface area contributed by atoms with Crippen molar-refractivity contribution in [1.29, 1.82) is 0 Å². The first kappa shape index (κ1) is 11.1. The SMILES string of the molecule is CCOc1cc(/C=N/n2cnnc2)ccc1O. The molecule has 1 heterocycles. The Hall–Kier alpha value is -2.37. The minimum Gasteiger partial charge on any atom is -0.504 e. The van der Waals surface area contributed by atoms with E-state index >= 15 is 0 Å². The highest BCUT2D eigenvalue weighted by atomic mass is 16.5. The fourth-order valence-electron chi connectivity index (χ4n) is 1.27. The molecule has 17 heavy (non-hydrogen) atoms. The number of nitrogens with zero attached hydrogens (tertiary/aromatic N) is 4. The van der Waals surface area contributed by atoms with E-state index in [0.717, 1.165) is 5.56 Å². The van der Waals surface area contributed by atoms with Gasteiger partial charge in [0.2, 0.25) is 0 Å². The number of phenols is 1. The molecule has 2 aromatic rings. The summed E-state index contributed by atoms with van der Waals surface area (Å²) in [5, 5.41) is 20.9. The summed E-state index contributed by atoms with van der Waals surface area (Å²) >= 11 is 0. The first-order valence-corrected chi connectivity index (χ1v) is 5.14. The molecule has 0 spiro atoms. The second-order valence-corrected chi connectivity index (χ2v) is 3.25. The zero-order valence-corrected chi connectivity index (χ0v) is 9.32. The average Bonchev–Trinajstić information content (AvgIpc) is 2.83. The van der Waals surface area contributed by atoms with Crippen LogP contribution in [0.5, 0.6) is 11.5 Å². The van der Waals surface area contributed by atoms with Gasteiger partial charge in [-0.15, -0.1) is 10.2 Å². The Bertz CT molecular complexity index is 508. The Balaban J connectivity index is 2.19. The number of phenolic OH excluding ortho intramolecular Hbond substituents is 1. The lowest BCUT2D eigenvalue weighted by Gasteiger charge is -2.05. The van der Waals surface area contributed by atoms with Crippen molar-refractivity contribution in [2.45, 2.75) is 6.92 Å². The summed E-state index contributed by atoms with van der Waals surface area (Å²) in [5.41, 5.74) is 0.819. The predicted molar refractivity (Wildman–Crippen MR) is 62.3 cm³/mol. The molecule has 88 valence electrons. The van der Waals surface area contributed by atoms with Crippen molar-refractivity contribution in [3.63, 3.8) is 0 Å². The topological polar surface area (TPSA) is 72.5 Å². The van der Waals surface area contributed by atoms with Gasteiger partial charge in [-0.25, -0.2) is 4.68 Å². The summed E-state index contributed by atoms with van der Waals surface area (Å²) < 4.78 is 6.75. The van der Waals surface area contributed by atoms with Crippen LogP contribution in [0.25, 0.3) is 0 Å². The number of hydrogen-bond donors (Lipinski definition) is 1. The molecule has 0 aliphatic heterocycles. The van der Waals surface area contributed by atoms with Gasteiger partial charge in [0.05, 0.1) is 12.8 Å². The quantitative estimate of drug-likeness (QED) is 0.805. The molecule has 1 N–H and O–H groups in total. The van der Waals surface area contributed by atoms with E-state index in [1.165, 1.54) is 17.3 Å². The fraction of sp³-hybridized carbons (Fsp3) is 0.182. The van der Waals surface area contributed by atoms with Gasteiger partial charge in [0, 0.05) is 0 Å². The summed E-state index contributed by atoms with van der Waals surface area (Å²) in [6.45, 7) is 2.36. The molecule has 6 nitrogen and oxygen atoms in total. The van der Waals surface area contributed by atoms with Crippen molar-refractivity contribution >= 4 is 6.21 Å². The van der Waals surface area contributed by atoms with Crippen LogP contribution in [-0.2, 0) is 0 Å². The van der Waals surface area contributed by atoms with Gasteiger partial charge in [-0.1, -0.05) is 0 Å². The van der Waals surface area contributed by atoms with Crippen LogP contribution in [0.2, 0.25) is 0 Å². The molecule has 0 aliphatic rings. The van der Waals surface area contributed by atoms with Gasteiger partial charge >= 0.3 is 0 Å². The van der Waals surface area contributed by atoms with Crippen LogP contribution in [0.1, 0.15) is 12.5 Å². The van der Waals surface area contributed by atoms with Gasteiger partial charge in [0.1, 0.15) is 12.7 Å². The number of aromatic nitrogens is 3. The lowest BCUT2D eigenvalue weighted by molar-refractivity contribution is 0.318. The van der Waals surface area contributed by atoms with Crippen LogP contribution >= 0.6 is 0 Å². The van der Waals surface area contributed by atoms with Crippen LogP contribution in [-0.4, -0.2) is 32.8 Å². The Labute approximate surface area is 98.2 Å². The van der Waals surface area contributed by atoms with Crippen molar-refractivity contribution < 1.29 is 9.84 Å². The minimum atomic E-state index is 0.119. The average molecular weight is 232 g/mol. The molecule has 0 fully saturated rings. The van der Waals surface area contributed by atoms with Crippen molar-refractivity contribution in [3.8, 4) is 11.5 Å². The van der Waals surface area contributed by atoms with Crippen LogP contribution in [0, 0.1) is 0 Å². The lowest BCUT2D eigenvalue weighted by Crippen LogP contribution is -1.93. The van der Waals surface area contributed by atoms with E-state index in [-0.39, 0.29) is 5.75 Å². The number of benzene rings is 1.